The monoisotopic (exact) mass is 324 g/mol. The Morgan fingerprint density at radius 2 is 1.27 bits per heavy atom. The van der Waals surface area contributed by atoms with Crippen molar-refractivity contribution in [2.75, 3.05) is 13.2 Å². The van der Waals surface area contributed by atoms with E-state index in [-0.39, 0.29) is 34.0 Å². The van der Waals surface area contributed by atoms with Crippen molar-refractivity contribution < 1.29 is 60.5 Å². The normalized spacial score (nSPS) is 7.45. The maximum atomic E-state index is 5.19. The van der Waals surface area contributed by atoms with Gasteiger partial charge in [-0.3, -0.25) is 0 Å². The zero-order valence-corrected chi connectivity index (χ0v) is 11.6. The van der Waals surface area contributed by atoms with E-state index in [1.807, 2.05) is 0 Å². The van der Waals surface area contributed by atoms with Crippen molar-refractivity contribution in [3.05, 3.63) is 0 Å². The summed E-state index contributed by atoms with van der Waals surface area (Å²) in [6, 6.07) is 0. The first-order valence-electron chi connectivity index (χ1n) is 3.40. The molecule has 0 heterocycles. The van der Waals surface area contributed by atoms with E-state index in [4.69, 9.17) is 6.64 Å². The Hall–Kier alpha value is 1.59. The van der Waals surface area contributed by atoms with Gasteiger partial charge < -0.3 is 34.0 Å². The standard InChI is InChI=1S/2C3H7O.2BrH.Ti/c2*1-2-3-4;;;/h2*2-3H2,1H3;2*1H;/q2*-1;;;+4/p-2. The molecule has 0 bridgehead atoms. The third-order valence-electron chi connectivity index (χ3n) is 0.730. The summed E-state index contributed by atoms with van der Waals surface area (Å²) >= 11 is -0.504. The minimum atomic E-state index is -0.504. The quantitative estimate of drug-likeness (QED) is 0.364. The molecule has 0 aliphatic heterocycles. The summed E-state index contributed by atoms with van der Waals surface area (Å²) < 4.78 is 10.4. The molecule has 0 aliphatic carbocycles. The van der Waals surface area contributed by atoms with Gasteiger partial charge in [-0.2, -0.15) is 0 Å². The van der Waals surface area contributed by atoms with Gasteiger partial charge in [0.2, 0.25) is 0 Å². The van der Waals surface area contributed by atoms with Crippen molar-refractivity contribution in [1.29, 1.82) is 0 Å². The van der Waals surface area contributed by atoms with Crippen molar-refractivity contribution in [3.8, 4) is 0 Å². The predicted octanol–water partition coefficient (Wildman–Crippen LogP) is -4.24. The van der Waals surface area contributed by atoms with E-state index in [2.05, 4.69) is 13.8 Å². The van der Waals surface area contributed by atoms with Crippen LogP contribution < -0.4 is 34.0 Å². The van der Waals surface area contributed by atoms with Crippen molar-refractivity contribution >= 4 is 0 Å². The van der Waals surface area contributed by atoms with Gasteiger partial charge in [0, 0.05) is 0 Å². The Labute approximate surface area is 99.8 Å². The van der Waals surface area contributed by atoms with Gasteiger partial charge in [0.1, 0.15) is 0 Å². The minimum absolute atomic E-state index is 0. The Bertz CT molecular complexity index is 51.8. The second-order valence-electron chi connectivity index (χ2n) is 1.78. The van der Waals surface area contributed by atoms with Crippen LogP contribution in [0.2, 0.25) is 0 Å². The van der Waals surface area contributed by atoms with Crippen LogP contribution in [0, 0.1) is 0 Å². The molecule has 0 unspecified atom stereocenters. The zero-order chi connectivity index (χ0) is 6.95. The van der Waals surface area contributed by atoms with E-state index < -0.39 is 19.9 Å². The molecule has 0 amide bonds. The van der Waals surface area contributed by atoms with Gasteiger partial charge in [-0.05, 0) is 0 Å². The molecule has 0 aromatic carbocycles. The molecule has 0 spiro atoms. The molecule has 0 aliphatic rings. The molecule has 2 nitrogen and oxygen atoms in total. The molecule has 0 fully saturated rings. The van der Waals surface area contributed by atoms with Crippen LogP contribution in [0.25, 0.3) is 0 Å². The first-order chi connectivity index (χ1) is 4.41. The summed E-state index contributed by atoms with van der Waals surface area (Å²) in [6.45, 7) is 5.94. The molecule has 0 N–H and O–H groups in total. The van der Waals surface area contributed by atoms with Gasteiger partial charge in [0.05, 0.1) is 0 Å². The fourth-order valence-electron chi connectivity index (χ4n) is 0.329. The number of rotatable bonds is 6. The summed E-state index contributed by atoms with van der Waals surface area (Å²) in [6.07, 6.45) is 2.19. The topological polar surface area (TPSA) is 18.5 Å². The Kier molecular flexibility index (Phi) is 29.5. The van der Waals surface area contributed by atoms with Crippen LogP contribution in [0.15, 0.2) is 0 Å². The van der Waals surface area contributed by atoms with Gasteiger partial charge in [-0.25, -0.2) is 0 Å². The fraction of sp³-hybridized carbons (Fsp3) is 1.00. The van der Waals surface area contributed by atoms with E-state index in [9.17, 15) is 0 Å². The summed E-state index contributed by atoms with van der Waals surface area (Å²) in [7, 11) is 0. The summed E-state index contributed by atoms with van der Waals surface area (Å²) in [4.78, 5) is 0. The molecule has 68 valence electrons. The van der Waals surface area contributed by atoms with Crippen LogP contribution in [0.3, 0.4) is 0 Å². The molecule has 0 aromatic rings. The summed E-state index contributed by atoms with van der Waals surface area (Å²) in [5.41, 5.74) is 0. The largest absolute Gasteiger partial charge is 1.00 e. The predicted molar refractivity (Wildman–Crippen MR) is 32.5 cm³/mol. The van der Waals surface area contributed by atoms with Gasteiger partial charge in [0.15, 0.2) is 0 Å². The van der Waals surface area contributed by atoms with E-state index >= 15 is 0 Å². The van der Waals surface area contributed by atoms with E-state index in [0.717, 1.165) is 26.1 Å². The van der Waals surface area contributed by atoms with Gasteiger partial charge in [-0.15, -0.1) is 0 Å². The van der Waals surface area contributed by atoms with E-state index in [0.29, 0.717) is 0 Å². The Balaban J connectivity index is -0.000000320. The summed E-state index contributed by atoms with van der Waals surface area (Å²) in [5, 5.41) is 0. The Morgan fingerprint density at radius 1 is 0.909 bits per heavy atom. The smallest absolute Gasteiger partial charge is 1.00 e. The van der Waals surface area contributed by atoms with Crippen LogP contribution in [-0.2, 0) is 26.6 Å². The fourth-order valence-corrected chi connectivity index (χ4v) is 1.36. The molecule has 11 heavy (non-hydrogen) atoms. The molecule has 0 saturated heterocycles. The van der Waals surface area contributed by atoms with Gasteiger partial charge >= 0.3 is 66.5 Å². The van der Waals surface area contributed by atoms with Crippen molar-refractivity contribution in [2.45, 2.75) is 26.7 Å². The van der Waals surface area contributed by atoms with Crippen molar-refractivity contribution in [2.24, 2.45) is 0 Å². The maximum Gasteiger partial charge on any atom is -1.00 e. The van der Waals surface area contributed by atoms with Crippen molar-refractivity contribution in [1.82, 2.24) is 0 Å². The molecule has 5 heteroatoms. The molecule has 0 atom stereocenters. The van der Waals surface area contributed by atoms with Crippen LogP contribution >= 0.6 is 0 Å². The molecular formula is C6H14Br2O2Ti. The SMILES string of the molecule is CCC[O][Ti+2][O]CCC.[Br-].[Br-]. The second kappa shape index (κ2) is 17.6. The molecule has 0 radical (unpaired) electrons. The average Bonchev–Trinajstić information content (AvgIpc) is 1.89. The van der Waals surface area contributed by atoms with Crippen LogP contribution in [0.5, 0.6) is 0 Å². The van der Waals surface area contributed by atoms with Crippen LogP contribution in [0.4, 0.5) is 0 Å². The number of hydrogen-bond donors (Lipinski definition) is 0. The zero-order valence-electron chi connectivity index (χ0n) is 6.90. The summed E-state index contributed by atoms with van der Waals surface area (Å²) in [5.74, 6) is 0. The molecule has 0 aromatic heterocycles. The van der Waals surface area contributed by atoms with Crippen LogP contribution in [0.1, 0.15) is 26.7 Å². The van der Waals surface area contributed by atoms with Crippen molar-refractivity contribution in [3.63, 3.8) is 0 Å². The third kappa shape index (κ3) is 18.5. The number of hydrogen-bond acceptors (Lipinski definition) is 2. The van der Waals surface area contributed by atoms with E-state index in [1.165, 1.54) is 0 Å². The second-order valence-corrected chi connectivity index (χ2v) is 2.94. The van der Waals surface area contributed by atoms with Gasteiger partial charge in [-0.1, -0.05) is 0 Å². The minimum Gasteiger partial charge on any atom is -1.00 e. The first-order valence-corrected chi connectivity index (χ1v) is 4.67. The molecule has 0 saturated carbocycles. The average molecular weight is 326 g/mol. The Morgan fingerprint density at radius 3 is 1.55 bits per heavy atom. The van der Waals surface area contributed by atoms with Crippen LogP contribution in [-0.4, -0.2) is 13.2 Å². The molecule has 0 rings (SSSR count). The first kappa shape index (κ1) is 18.4. The maximum absolute atomic E-state index is 5.19. The third-order valence-corrected chi connectivity index (χ3v) is 1.74. The molecular weight excluding hydrogens is 312 g/mol. The number of halogens is 2. The van der Waals surface area contributed by atoms with E-state index in [1.54, 1.807) is 0 Å². The van der Waals surface area contributed by atoms with Gasteiger partial charge in [0.25, 0.3) is 0 Å².